The van der Waals surface area contributed by atoms with Gasteiger partial charge in [0.05, 0.1) is 74.8 Å². The summed E-state index contributed by atoms with van der Waals surface area (Å²) in [5.41, 5.74) is 21.5. The van der Waals surface area contributed by atoms with Crippen molar-refractivity contribution in [2.24, 2.45) is 0 Å². The number of para-hydroxylation sites is 5. The molecule has 0 radical (unpaired) electrons. The molecule has 0 bridgehead atoms. The predicted octanol–water partition coefficient (Wildman–Crippen LogP) is 32.6. The summed E-state index contributed by atoms with van der Waals surface area (Å²) in [6.45, 7) is 0. The summed E-state index contributed by atoms with van der Waals surface area (Å²) in [6.07, 6.45) is 1.86. The molecule has 0 N–H and O–H groups in total. The molecule has 0 saturated heterocycles. The predicted molar refractivity (Wildman–Crippen MR) is 609 cm³/mol. The number of imidazole rings is 2. The summed E-state index contributed by atoms with van der Waals surface area (Å²) in [7, 11) is 0. The second-order valence-electron chi connectivity index (χ2n) is 36.5. The van der Waals surface area contributed by atoms with E-state index in [-0.39, 0.29) is 0 Å². The van der Waals surface area contributed by atoms with E-state index in [1.807, 2.05) is 205 Å². The second kappa shape index (κ2) is 35.3. The Morgan fingerprint density at radius 2 is 0.459 bits per heavy atom. The molecule has 12 aromatic heterocycles. The topological polar surface area (TPSA) is 179 Å². The van der Waals surface area contributed by atoms with E-state index in [0.29, 0.717) is 52.8 Å². The molecule has 0 unspecified atom stereocenters. The Kier molecular flexibility index (Phi) is 20.4. The van der Waals surface area contributed by atoms with E-state index >= 15 is 0 Å². The fraction of sp³-hybridized carbons (Fsp3) is 0. The van der Waals surface area contributed by atoms with Gasteiger partial charge in [-0.05, 0) is 84.9 Å². The van der Waals surface area contributed by atoms with Crippen molar-refractivity contribution in [2.75, 3.05) is 0 Å². The largest absolute Gasteiger partial charge is 0.292 e. The lowest BCUT2D eigenvalue weighted by Gasteiger charge is -2.11. The van der Waals surface area contributed by atoms with E-state index in [4.69, 9.17) is 54.8 Å². The van der Waals surface area contributed by atoms with Crippen LogP contribution in [0, 0.1) is 0 Å². The molecule has 692 valence electrons. The highest BCUT2D eigenvalue weighted by molar-refractivity contribution is 7.28. The summed E-state index contributed by atoms with van der Waals surface area (Å²) in [4.78, 5) is 61.3. The average molecular weight is 1950 g/mol. The van der Waals surface area contributed by atoms with Gasteiger partial charge in [0.25, 0.3) is 0 Å². The molecule has 0 saturated carbocycles. The number of pyridine rings is 1. The first-order chi connectivity index (χ1) is 73.4. The van der Waals surface area contributed by atoms with E-state index in [0.717, 1.165) is 161 Å². The first-order valence-corrected chi connectivity index (χ1v) is 51.4. The SMILES string of the molecule is c1ccc(-c2nc(-c3ccccc3)nc(-n3c4ccccc4c4ccc5c(sc6ccc7c(nc(-c8ccccc8)n7-c7ccccc7)c65)c43)n2)cc1.c1ccc(-c2nc(-c3ccccc3)nc(-n3c4ccccc4c4ccc5c(sc6ccc7nc(-c8ccccc8)n(-c8ccccc8)c7c65)c43)n2)cc1.c1ccc(-c2nc(-c3ccccc3)nc(-n3c4ccccc4c4ccc5c(sc6ccc7ncccc7c65)c43)n2)cc1. The van der Waals surface area contributed by atoms with E-state index < -0.39 is 0 Å². The normalized spacial score (nSPS) is 11.8. The van der Waals surface area contributed by atoms with Gasteiger partial charge in [0.1, 0.15) is 11.6 Å². The molecule has 0 fully saturated rings. The van der Waals surface area contributed by atoms with Gasteiger partial charge in [-0.3, -0.25) is 27.8 Å². The Morgan fingerprint density at radius 3 is 0.845 bits per heavy atom. The van der Waals surface area contributed by atoms with Crippen molar-refractivity contribution < 1.29 is 0 Å². The highest BCUT2D eigenvalue weighted by Gasteiger charge is 2.30. The standard InChI is InChI=1S/2C46H28N6S.C36H21N5S/c1-5-15-29(16-6-1)43-48-44(30-17-7-2-8-18-30)50-46(49-43)52-37-24-14-13-23-33(37)34-25-26-35-39-38(53-42(35)40(34)52)28-27-36-41(39)51(32-21-11-4-12-22-32)45(47-36)31-19-9-3-10-20-31;1-5-15-29(16-6-1)43-48-44(30-17-7-2-8-18-30)50-46(49-43)52-36-24-14-13-23-33(36)34-25-26-35-39-38(53-42(35)41(34)52)28-27-37-40(39)47-45(31-19-9-3-10-20-31)51(37)32-21-11-4-12-22-32;1-3-10-22(11-4-1)34-38-35(23-12-5-2-6-13-23)40-36(39-34)41-29-16-8-7-14-24(29)25-17-18-27-31-26-15-9-21-37-28(26)19-20-30(31)42-33(27)32(25)41/h2*1-28H;1-21H. The van der Waals surface area contributed by atoms with Gasteiger partial charge >= 0.3 is 0 Å². The van der Waals surface area contributed by atoms with E-state index in [2.05, 4.69) is 313 Å². The Bertz CT molecular complexity index is 10500. The number of thiophene rings is 3. The lowest BCUT2D eigenvalue weighted by molar-refractivity contribution is 0.955. The molecule has 12 heterocycles. The van der Waals surface area contributed by atoms with Gasteiger partial charge in [-0.2, -0.15) is 29.9 Å². The fourth-order valence-electron chi connectivity index (χ4n) is 21.3. The zero-order chi connectivity index (χ0) is 97.4. The quantitative estimate of drug-likeness (QED) is 0.107. The zero-order valence-electron chi connectivity index (χ0n) is 78.8. The maximum Gasteiger partial charge on any atom is 0.238 e. The van der Waals surface area contributed by atoms with Crippen LogP contribution in [-0.2, 0) is 0 Å². The van der Waals surface area contributed by atoms with Crippen LogP contribution in [0.1, 0.15) is 0 Å². The van der Waals surface area contributed by atoms with Gasteiger partial charge in [-0.25, -0.2) is 24.9 Å². The molecule has 0 aliphatic carbocycles. The van der Waals surface area contributed by atoms with Crippen molar-refractivity contribution in [2.45, 2.75) is 0 Å². The van der Waals surface area contributed by atoms with Crippen LogP contribution in [0.5, 0.6) is 0 Å². The number of aromatic nitrogens is 17. The molecule has 0 amide bonds. The van der Waals surface area contributed by atoms with Crippen molar-refractivity contribution in [1.82, 2.24) is 82.6 Å². The highest BCUT2D eigenvalue weighted by Crippen LogP contribution is 2.51. The van der Waals surface area contributed by atoms with Crippen LogP contribution in [0.2, 0.25) is 0 Å². The minimum atomic E-state index is 0.582. The molecule has 0 aliphatic rings. The number of nitrogens with zero attached hydrogens (tertiary/aromatic N) is 17. The van der Waals surface area contributed by atoms with Gasteiger partial charge in [-0.1, -0.05) is 376 Å². The Morgan fingerprint density at radius 1 is 0.169 bits per heavy atom. The molecule has 0 spiro atoms. The second-order valence-corrected chi connectivity index (χ2v) is 39.6. The van der Waals surface area contributed by atoms with Crippen molar-refractivity contribution >= 4 is 193 Å². The number of fused-ring (bicyclic) bond motifs is 27. The molecule has 17 nitrogen and oxygen atoms in total. The molecule has 148 heavy (non-hydrogen) atoms. The monoisotopic (exact) mass is 1950 g/mol. The van der Waals surface area contributed by atoms with E-state index in [1.54, 1.807) is 11.3 Å². The Balaban J connectivity index is 0.000000105. The van der Waals surface area contributed by atoms with Gasteiger partial charge in [0.15, 0.2) is 34.9 Å². The molecule has 19 aromatic carbocycles. The Labute approximate surface area is 856 Å². The molecule has 31 aromatic rings. The van der Waals surface area contributed by atoms with Crippen LogP contribution in [0.15, 0.2) is 467 Å². The van der Waals surface area contributed by atoms with Gasteiger partial charge in [0.2, 0.25) is 17.8 Å². The van der Waals surface area contributed by atoms with Crippen molar-refractivity contribution in [1.29, 1.82) is 0 Å². The highest BCUT2D eigenvalue weighted by atomic mass is 32.1. The average Bonchev–Trinajstić information content (AvgIpc) is 1.55. The van der Waals surface area contributed by atoms with Gasteiger partial charge in [0, 0.05) is 146 Å². The van der Waals surface area contributed by atoms with Crippen molar-refractivity contribution in [3.63, 3.8) is 0 Å². The van der Waals surface area contributed by atoms with Gasteiger partial charge < -0.3 is 0 Å². The summed E-state index contributed by atoms with van der Waals surface area (Å²) in [5.74, 6) is 7.41. The summed E-state index contributed by atoms with van der Waals surface area (Å²) in [6, 6.07) is 159. The number of hydrogen-bond acceptors (Lipinski definition) is 15. The van der Waals surface area contributed by atoms with Gasteiger partial charge in [-0.15, -0.1) is 34.0 Å². The zero-order valence-corrected chi connectivity index (χ0v) is 81.2. The molecule has 0 aliphatic heterocycles. The summed E-state index contributed by atoms with van der Waals surface area (Å²) in [5, 5.41) is 15.2. The number of rotatable bonds is 13. The molecule has 31 rings (SSSR count). The van der Waals surface area contributed by atoms with Crippen LogP contribution in [0.4, 0.5) is 0 Å². The third-order valence-electron chi connectivity index (χ3n) is 27.9. The molecular weight excluding hydrogens is 1870 g/mol. The number of hydrogen-bond donors (Lipinski definition) is 0. The first kappa shape index (κ1) is 85.4. The lowest BCUT2D eigenvalue weighted by atomic mass is 10.1. The van der Waals surface area contributed by atoms with Crippen LogP contribution in [0.3, 0.4) is 0 Å². The van der Waals surface area contributed by atoms with Crippen LogP contribution < -0.4 is 0 Å². The smallest absolute Gasteiger partial charge is 0.238 e. The minimum Gasteiger partial charge on any atom is -0.292 e. The molecule has 20 heteroatoms. The molecular formula is C128H77N17S3. The van der Waals surface area contributed by atoms with E-state index in [9.17, 15) is 0 Å². The van der Waals surface area contributed by atoms with E-state index in [1.165, 1.54) is 65.9 Å². The maximum atomic E-state index is 5.43. The maximum absolute atomic E-state index is 5.43. The van der Waals surface area contributed by atoms with Crippen molar-refractivity contribution in [3.05, 3.63) is 467 Å². The van der Waals surface area contributed by atoms with Crippen LogP contribution >= 0.6 is 34.0 Å². The molecule has 0 atom stereocenters. The third kappa shape index (κ3) is 14.2. The Hall–Kier alpha value is -19.4. The summed E-state index contributed by atoms with van der Waals surface area (Å²) < 4.78 is 18.5. The number of benzene rings is 19. The first-order valence-electron chi connectivity index (χ1n) is 49.0. The summed E-state index contributed by atoms with van der Waals surface area (Å²) >= 11 is 5.42. The lowest BCUT2D eigenvalue weighted by Crippen LogP contribution is -2.06. The van der Waals surface area contributed by atoms with Crippen LogP contribution in [0.25, 0.3) is 279 Å². The van der Waals surface area contributed by atoms with Crippen molar-refractivity contribution in [3.8, 4) is 120 Å². The fourth-order valence-corrected chi connectivity index (χ4v) is 25.1. The minimum absolute atomic E-state index is 0.582. The van der Waals surface area contributed by atoms with Crippen LogP contribution in [-0.4, -0.2) is 82.6 Å². The third-order valence-corrected chi connectivity index (χ3v) is 31.4.